The summed E-state index contributed by atoms with van der Waals surface area (Å²) in [5.41, 5.74) is 0.120. The fourth-order valence-electron chi connectivity index (χ4n) is 1.35. The molecule has 2 aromatic rings. The van der Waals surface area contributed by atoms with Gasteiger partial charge in [0.2, 0.25) is 0 Å². The van der Waals surface area contributed by atoms with Crippen molar-refractivity contribution in [3.8, 4) is 5.75 Å². The summed E-state index contributed by atoms with van der Waals surface area (Å²) in [4.78, 5) is 0. The molecule has 0 atom stereocenters. The van der Waals surface area contributed by atoms with Crippen molar-refractivity contribution in [1.82, 2.24) is 0 Å². The van der Waals surface area contributed by atoms with Gasteiger partial charge in [-0.3, -0.25) is 0 Å². The van der Waals surface area contributed by atoms with Crippen molar-refractivity contribution in [3.05, 3.63) is 65.5 Å². The molecule has 0 N–H and O–H groups in total. The molecule has 88 valence electrons. The normalized spacial score (nSPS) is 10.3. The number of hydrogen-bond acceptors (Lipinski definition) is 1. The van der Waals surface area contributed by atoms with Crippen LogP contribution in [0, 0.1) is 17.5 Å². The molecule has 0 radical (unpaired) electrons. The molecule has 0 aliphatic heterocycles. The molecule has 0 bridgehead atoms. The first-order valence-electron chi connectivity index (χ1n) is 4.97. The first-order valence-corrected chi connectivity index (χ1v) is 4.97. The highest BCUT2D eigenvalue weighted by molar-refractivity contribution is 5.24. The molecule has 0 saturated carbocycles. The van der Waals surface area contributed by atoms with Gasteiger partial charge in [-0.05, 0) is 42.5 Å². The Labute approximate surface area is 96.5 Å². The molecule has 2 rings (SSSR count). The quantitative estimate of drug-likeness (QED) is 0.792. The molecular weight excluding hydrogens is 229 g/mol. The third-order valence-electron chi connectivity index (χ3n) is 2.22. The summed E-state index contributed by atoms with van der Waals surface area (Å²) in [7, 11) is 0. The van der Waals surface area contributed by atoms with E-state index in [1.165, 1.54) is 24.3 Å². The zero-order valence-corrected chi connectivity index (χ0v) is 8.79. The van der Waals surface area contributed by atoms with E-state index in [0.717, 1.165) is 18.2 Å². The van der Waals surface area contributed by atoms with E-state index < -0.39 is 11.6 Å². The van der Waals surface area contributed by atoms with Gasteiger partial charge in [-0.15, -0.1) is 0 Å². The Morgan fingerprint density at radius 2 is 1.47 bits per heavy atom. The molecule has 4 heteroatoms. The van der Waals surface area contributed by atoms with Crippen molar-refractivity contribution in [2.45, 2.75) is 6.61 Å². The third-order valence-corrected chi connectivity index (χ3v) is 2.22. The topological polar surface area (TPSA) is 9.23 Å². The minimum absolute atomic E-state index is 0.102. The van der Waals surface area contributed by atoms with Gasteiger partial charge in [-0.25, -0.2) is 13.2 Å². The van der Waals surface area contributed by atoms with Crippen LogP contribution in [0.5, 0.6) is 5.75 Å². The number of halogens is 3. The Morgan fingerprint density at radius 1 is 0.824 bits per heavy atom. The van der Waals surface area contributed by atoms with Crippen molar-refractivity contribution >= 4 is 0 Å². The van der Waals surface area contributed by atoms with Crippen LogP contribution < -0.4 is 4.74 Å². The van der Waals surface area contributed by atoms with E-state index in [9.17, 15) is 13.2 Å². The fourth-order valence-corrected chi connectivity index (χ4v) is 1.35. The highest BCUT2D eigenvalue weighted by Crippen LogP contribution is 2.15. The third kappa shape index (κ3) is 3.00. The lowest BCUT2D eigenvalue weighted by Crippen LogP contribution is -1.99. The standard InChI is InChI=1S/C13H9F3O/c14-10-1-4-12(5-2-10)17-8-9-7-11(15)3-6-13(9)16/h1-7H,8H2. The van der Waals surface area contributed by atoms with Gasteiger partial charge in [0.25, 0.3) is 0 Å². The maximum atomic E-state index is 13.2. The van der Waals surface area contributed by atoms with Gasteiger partial charge in [-0.2, -0.15) is 0 Å². The summed E-state index contributed by atoms with van der Waals surface area (Å²) in [6.07, 6.45) is 0. The SMILES string of the molecule is Fc1ccc(OCc2cc(F)ccc2F)cc1. The van der Waals surface area contributed by atoms with E-state index in [2.05, 4.69) is 0 Å². The first kappa shape index (κ1) is 11.5. The lowest BCUT2D eigenvalue weighted by molar-refractivity contribution is 0.298. The summed E-state index contributed by atoms with van der Waals surface area (Å²) in [6.45, 7) is -0.102. The van der Waals surface area contributed by atoms with E-state index >= 15 is 0 Å². The minimum atomic E-state index is -0.534. The smallest absolute Gasteiger partial charge is 0.130 e. The summed E-state index contributed by atoms with van der Waals surface area (Å²) in [6, 6.07) is 8.46. The summed E-state index contributed by atoms with van der Waals surface area (Å²) in [5, 5.41) is 0. The molecule has 0 heterocycles. The molecule has 0 aliphatic rings. The van der Waals surface area contributed by atoms with Crippen LogP contribution in [0.1, 0.15) is 5.56 Å². The van der Waals surface area contributed by atoms with Gasteiger partial charge >= 0.3 is 0 Å². The average molecular weight is 238 g/mol. The summed E-state index contributed by atoms with van der Waals surface area (Å²) >= 11 is 0. The van der Waals surface area contributed by atoms with Gasteiger partial charge in [0, 0.05) is 5.56 Å². The van der Waals surface area contributed by atoms with Crippen LogP contribution in [0.3, 0.4) is 0 Å². The van der Waals surface area contributed by atoms with Gasteiger partial charge < -0.3 is 4.74 Å². The molecule has 0 unspecified atom stereocenters. The molecule has 0 saturated heterocycles. The zero-order valence-electron chi connectivity index (χ0n) is 8.79. The average Bonchev–Trinajstić information content (AvgIpc) is 2.32. The van der Waals surface area contributed by atoms with Crippen LogP contribution in [0.15, 0.2) is 42.5 Å². The van der Waals surface area contributed by atoms with Crippen molar-refractivity contribution in [2.75, 3.05) is 0 Å². The Bertz CT molecular complexity index is 509. The van der Waals surface area contributed by atoms with Crippen LogP contribution in [-0.4, -0.2) is 0 Å². The van der Waals surface area contributed by atoms with Gasteiger partial charge in [-0.1, -0.05) is 0 Å². The Balaban J connectivity index is 2.07. The summed E-state index contributed by atoms with van der Waals surface area (Å²) in [5.74, 6) is -1.04. The van der Waals surface area contributed by atoms with E-state index in [-0.39, 0.29) is 18.0 Å². The second kappa shape index (κ2) is 4.91. The lowest BCUT2D eigenvalue weighted by atomic mass is 10.2. The maximum Gasteiger partial charge on any atom is 0.130 e. The van der Waals surface area contributed by atoms with Crippen LogP contribution in [-0.2, 0) is 6.61 Å². The second-order valence-electron chi connectivity index (χ2n) is 3.48. The Hall–Kier alpha value is -1.97. The highest BCUT2D eigenvalue weighted by Gasteiger charge is 2.04. The van der Waals surface area contributed by atoms with Crippen LogP contribution in [0.2, 0.25) is 0 Å². The Kier molecular flexibility index (Phi) is 3.32. The van der Waals surface area contributed by atoms with Gasteiger partial charge in [0.15, 0.2) is 0 Å². The fraction of sp³-hybridized carbons (Fsp3) is 0.0769. The molecule has 1 nitrogen and oxygen atoms in total. The van der Waals surface area contributed by atoms with E-state index in [4.69, 9.17) is 4.74 Å². The molecular formula is C13H9F3O. The first-order chi connectivity index (χ1) is 8.15. The molecule has 2 aromatic carbocycles. The summed E-state index contributed by atoms with van der Waals surface area (Å²) < 4.78 is 43.9. The van der Waals surface area contributed by atoms with Crippen molar-refractivity contribution in [2.24, 2.45) is 0 Å². The molecule has 0 fully saturated rings. The van der Waals surface area contributed by atoms with Crippen molar-refractivity contribution in [1.29, 1.82) is 0 Å². The monoisotopic (exact) mass is 238 g/mol. The molecule has 0 amide bonds. The van der Waals surface area contributed by atoms with E-state index in [1.807, 2.05) is 0 Å². The number of hydrogen-bond donors (Lipinski definition) is 0. The maximum absolute atomic E-state index is 13.2. The number of ether oxygens (including phenoxy) is 1. The molecule has 0 aromatic heterocycles. The Morgan fingerprint density at radius 3 is 2.18 bits per heavy atom. The second-order valence-corrected chi connectivity index (χ2v) is 3.48. The minimum Gasteiger partial charge on any atom is -0.489 e. The van der Waals surface area contributed by atoms with Gasteiger partial charge in [0.05, 0.1) is 0 Å². The van der Waals surface area contributed by atoms with E-state index in [1.54, 1.807) is 0 Å². The predicted octanol–water partition coefficient (Wildman–Crippen LogP) is 3.68. The van der Waals surface area contributed by atoms with E-state index in [0.29, 0.717) is 5.75 Å². The van der Waals surface area contributed by atoms with Crippen molar-refractivity contribution in [3.63, 3.8) is 0 Å². The van der Waals surface area contributed by atoms with Crippen LogP contribution in [0.4, 0.5) is 13.2 Å². The molecule has 17 heavy (non-hydrogen) atoms. The zero-order chi connectivity index (χ0) is 12.3. The predicted molar refractivity (Wildman–Crippen MR) is 57.1 cm³/mol. The van der Waals surface area contributed by atoms with Gasteiger partial charge in [0.1, 0.15) is 29.8 Å². The van der Waals surface area contributed by atoms with Crippen molar-refractivity contribution < 1.29 is 17.9 Å². The lowest BCUT2D eigenvalue weighted by Gasteiger charge is -2.07. The molecule has 0 aliphatic carbocycles. The van der Waals surface area contributed by atoms with Crippen LogP contribution in [0.25, 0.3) is 0 Å². The molecule has 0 spiro atoms. The van der Waals surface area contributed by atoms with Crippen LogP contribution >= 0.6 is 0 Å². The largest absolute Gasteiger partial charge is 0.489 e. The number of rotatable bonds is 3. The number of benzene rings is 2. The highest BCUT2D eigenvalue weighted by atomic mass is 19.1.